The quantitative estimate of drug-likeness (QED) is 0.566. The minimum atomic E-state index is -4.47. The Morgan fingerprint density at radius 2 is 1.76 bits per heavy atom. The first-order valence-corrected chi connectivity index (χ1v) is 9.29. The molecule has 1 aliphatic rings. The topological polar surface area (TPSA) is 85.3 Å². The Labute approximate surface area is 168 Å². The molecule has 10 heteroatoms. The van der Waals surface area contributed by atoms with Crippen molar-refractivity contribution in [2.75, 3.05) is 47.4 Å². The molecule has 0 radical (unpaired) electrons. The first-order chi connectivity index (χ1) is 13.5. The van der Waals surface area contributed by atoms with Crippen LogP contribution in [0, 0.1) is 0 Å². The maximum Gasteiger partial charge on any atom is 0.416 e. The molecule has 2 rings (SSSR count). The van der Waals surface area contributed by atoms with Crippen LogP contribution in [0.1, 0.15) is 15.9 Å². The highest BCUT2D eigenvalue weighted by Crippen LogP contribution is 2.29. The summed E-state index contributed by atoms with van der Waals surface area (Å²) in [5.74, 6) is -0.543. The molecule has 1 aromatic rings. The molecule has 1 fully saturated rings. The molecule has 0 bridgehead atoms. The molecule has 0 saturated carbocycles. The molecule has 1 aromatic carbocycles. The zero-order valence-corrected chi connectivity index (χ0v) is 16.7. The summed E-state index contributed by atoms with van der Waals surface area (Å²) in [6.45, 7) is 1.07. The lowest BCUT2D eigenvalue weighted by Crippen LogP contribution is -2.51. The SMILES string of the molecule is CN(C)CCN(C)[C@H]1[C@H](O)[C@H](CO)O[C@@H]1CNC(=O)c1ccc(C(F)(F)F)cc1. The van der Waals surface area contributed by atoms with Gasteiger partial charge in [-0.2, -0.15) is 13.2 Å². The zero-order chi connectivity index (χ0) is 21.8. The van der Waals surface area contributed by atoms with Gasteiger partial charge < -0.3 is 25.2 Å². The molecule has 29 heavy (non-hydrogen) atoms. The monoisotopic (exact) mass is 419 g/mol. The van der Waals surface area contributed by atoms with Gasteiger partial charge in [0.15, 0.2) is 0 Å². The number of hydrogen-bond acceptors (Lipinski definition) is 6. The van der Waals surface area contributed by atoms with Gasteiger partial charge in [-0.3, -0.25) is 9.69 Å². The van der Waals surface area contributed by atoms with E-state index < -0.39 is 42.0 Å². The van der Waals surface area contributed by atoms with Crippen molar-refractivity contribution in [1.29, 1.82) is 0 Å². The molecule has 1 aliphatic heterocycles. The van der Waals surface area contributed by atoms with Crippen LogP contribution < -0.4 is 5.32 Å². The average molecular weight is 419 g/mol. The summed E-state index contributed by atoms with van der Waals surface area (Å²) in [7, 11) is 5.67. The maximum absolute atomic E-state index is 12.6. The predicted molar refractivity (Wildman–Crippen MR) is 101 cm³/mol. The van der Waals surface area contributed by atoms with Crippen LogP contribution in [-0.2, 0) is 10.9 Å². The number of rotatable bonds is 8. The molecule has 0 unspecified atom stereocenters. The molecule has 1 saturated heterocycles. The zero-order valence-electron chi connectivity index (χ0n) is 16.7. The van der Waals surface area contributed by atoms with Crippen molar-refractivity contribution in [3.8, 4) is 0 Å². The van der Waals surface area contributed by atoms with Crippen molar-refractivity contribution < 1.29 is 32.9 Å². The van der Waals surface area contributed by atoms with Crippen LogP contribution in [0.2, 0.25) is 0 Å². The van der Waals surface area contributed by atoms with Crippen molar-refractivity contribution in [2.45, 2.75) is 30.5 Å². The van der Waals surface area contributed by atoms with E-state index >= 15 is 0 Å². The van der Waals surface area contributed by atoms with Crippen molar-refractivity contribution in [3.05, 3.63) is 35.4 Å². The fourth-order valence-electron chi connectivity index (χ4n) is 3.30. The summed E-state index contributed by atoms with van der Waals surface area (Å²) >= 11 is 0. The first kappa shape index (κ1) is 23.6. The van der Waals surface area contributed by atoms with E-state index in [1.807, 2.05) is 30.9 Å². The number of carbonyl (C=O) groups excluding carboxylic acids is 1. The predicted octanol–water partition coefficient (Wildman–Crippen LogP) is 0.418. The molecular formula is C19H28F3N3O4. The van der Waals surface area contributed by atoms with Crippen molar-refractivity contribution in [1.82, 2.24) is 15.1 Å². The van der Waals surface area contributed by atoms with Crippen molar-refractivity contribution in [3.63, 3.8) is 0 Å². The largest absolute Gasteiger partial charge is 0.416 e. The number of hydrogen-bond donors (Lipinski definition) is 3. The minimum absolute atomic E-state index is 0.0460. The van der Waals surface area contributed by atoms with Crippen molar-refractivity contribution in [2.24, 2.45) is 0 Å². The number of amides is 1. The lowest BCUT2D eigenvalue weighted by molar-refractivity contribution is -0.137. The summed E-state index contributed by atoms with van der Waals surface area (Å²) in [4.78, 5) is 16.2. The van der Waals surface area contributed by atoms with Gasteiger partial charge in [-0.1, -0.05) is 0 Å². The molecule has 0 spiro atoms. The van der Waals surface area contributed by atoms with E-state index in [1.165, 1.54) is 0 Å². The third-order valence-electron chi connectivity index (χ3n) is 4.99. The van der Waals surface area contributed by atoms with Crippen LogP contribution in [0.25, 0.3) is 0 Å². The summed E-state index contributed by atoms with van der Waals surface area (Å²) < 4.78 is 43.6. The lowest BCUT2D eigenvalue weighted by atomic mass is 10.0. The number of alkyl halides is 3. The van der Waals surface area contributed by atoms with E-state index in [4.69, 9.17) is 4.74 Å². The molecular weight excluding hydrogens is 391 g/mol. The highest BCUT2D eigenvalue weighted by molar-refractivity contribution is 5.94. The first-order valence-electron chi connectivity index (χ1n) is 9.29. The van der Waals surface area contributed by atoms with Crippen LogP contribution in [0.15, 0.2) is 24.3 Å². The van der Waals surface area contributed by atoms with Gasteiger partial charge in [0, 0.05) is 25.2 Å². The molecule has 3 N–H and O–H groups in total. The minimum Gasteiger partial charge on any atom is -0.394 e. The van der Waals surface area contributed by atoms with Gasteiger partial charge in [0.05, 0.1) is 24.3 Å². The smallest absolute Gasteiger partial charge is 0.394 e. The number of carbonyl (C=O) groups is 1. The van der Waals surface area contributed by atoms with Crippen LogP contribution in [0.3, 0.4) is 0 Å². The summed E-state index contributed by atoms with van der Waals surface area (Å²) in [5, 5.41) is 22.6. The normalized spacial score (nSPS) is 25.0. The maximum atomic E-state index is 12.6. The van der Waals surface area contributed by atoms with E-state index in [9.17, 15) is 28.2 Å². The summed E-state index contributed by atoms with van der Waals surface area (Å²) in [5.41, 5.74) is -0.738. The van der Waals surface area contributed by atoms with Gasteiger partial charge in [-0.05, 0) is 45.4 Å². The van der Waals surface area contributed by atoms with Crippen LogP contribution in [0.5, 0.6) is 0 Å². The molecule has 4 atom stereocenters. The molecule has 1 amide bonds. The fraction of sp³-hybridized carbons (Fsp3) is 0.632. The number of nitrogens with zero attached hydrogens (tertiary/aromatic N) is 2. The van der Waals surface area contributed by atoms with E-state index in [-0.39, 0.29) is 18.7 Å². The molecule has 0 aliphatic carbocycles. The second kappa shape index (κ2) is 9.86. The second-order valence-corrected chi connectivity index (χ2v) is 7.45. The number of nitrogens with one attached hydrogen (secondary N) is 1. The number of likely N-dealkylation sites (N-methyl/N-ethyl adjacent to an activating group) is 2. The number of aliphatic hydroxyl groups excluding tert-OH is 2. The van der Waals surface area contributed by atoms with Gasteiger partial charge >= 0.3 is 6.18 Å². The van der Waals surface area contributed by atoms with Crippen LogP contribution in [-0.4, -0.2) is 97.7 Å². The van der Waals surface area contributed by atoms with Crippen molar-refractivity contribution >= 4 is 5.91 Å². The van der Waals surface area contributed by atoms with E-state index in [1.54, 1.807) is 0 Å². The van der Waals surface area contributed by atoms with E-state index in [2.05, 4.69) is 5.32 Å². The Kier molecular flexibility index (Phi) is 8.01. The Balaban J connectivity index is 2.01. The van der Waals surface area contributed by atoms with Gasteiger partial charge in [0.2, 0.25) is 0 Å². The number of ether oxygens (including phenoxy) is 1. The third-order valence-corrected chi connectivity index (χ3v) is 4.99. The number of halogens is 3. The lowest BCUT2D eigenvalue weighted by Gasteiger charge is -2.31. The highest BCUT2D eigenvalue weighted by Gasteiger charge is 2.45. The molecule has 164 valence electrons. The Bertz CT molecular complexity index is 670. The molecule has 1 heterocycles. The Hall–Kier alpha value is -1.72. The second-order valence-electron chi connectivity index (χ2n) is 7.45. The van der Waals surface area contributed by atoms with Gasteiger partial charge in [-0.25, -0.2) is 0 Å². The van der Waals surface area contributed by atoms with Gasteiger partial charge in [-0.15, -0.1) is 0 Å². The van der Waals surface area contributed by atoms with Crippen LogP contribution in [0.4, 0.5) is 13.2 Å². The third kappa shape index (κ3) is 6.13. The standard InChI is InChI=1S/C19H28F3N3O4/c1-24(2)8-9-25(3)16-14(29-15(11-26)17(16)27)10-23-18(28)12-4-6-13(7-5-12)19(20,21)22/h4-7,14-17,26-27H,8-11H2,1-3H3,(H,23,28)/t14-,15+,16-,17-/m1/s1. The van der Waals surface area contributed by atoms with Gasteiger partial charge in [0.25, 0.3) is 5.91 Å². The molecule has 0 aromatic heterocycles. The molecule has 7 nitrogen and oxygen atoms in total. The van der Waals surface area contributed by atoms with Gasteiger partial charge in [0.1, 0.15) is 12.2 Å². The summed E-state index contributed by atoms with van der Waals surface area (Å²) in [6.07, 6.45) is -6.74. The summed E-state index contributed by atoms with van der Waals surface area (Å²) in [6, 6.07) is 3.48. The Morgan fingerprint density at radius 1 is 1.14 bits per heavy atom. The highest BCUT2D eigenvalue weighted by atomic mass is 19.4. The fourth-order valence-corrected chi connectivity index (χ4v) is 3.30. The van der Waals surface area contributed by atoms with E-state index in [0.29, 0.717) is 6.54 Å². The van der Waals surface area contributed by atoms with Crippen LogP contribution >= 0.6 is 0 Å². The van der Waals surface area contributed by atoms with E-state index in [0.717, 1.165) is 30.8 Å². The Morgan fingerprint density at radius 3 is 2.28 bits per heavy atom. The average Bonchev–Trinajstić information content (AvgIpc) is 2.99. The number of benzene rings is 1. The number of aliphatic hydroxyl groups is 2.